The highest BCUT2D eigenvalue weighted by Crippen LogP contribution is 2.31. The molecule has 1 saturated heterocycles. The molecule has 1 amide bonds. The van der Waals surface area contributed by atoms with E-state index in [0.29, 0.717) is 37.4 Å². The molecule has 1 aromatic heterocycles. The van der Waals surface area contributed by atoms with E-state index in [1.807, 2.05) is 11.0 Å². The molecule has 0 saturated carbocycles. The molecule has 0 bridgehead atoms. The predicted molar refractivity (Wildman–Crippen MR) is 146 cm³/mol. The molecule has 5 rings (SSSR count). The summed E-state index contributed by atoms with van der Waals surface area (Å²) in [5.41, 5.74) is 3.39. The fraction of sp³-hybridized carbons (Fsp3) is 0.259. The standard InChI is InChI=1S/C27H28N4O3S2/c1-3-20-8-7-11-24-25(20)28-27(35-24)31-18-16-30(17-19-31)26(32)21-12-14-23(15-13-21)36(33,34)29(2)22-9-5-4-6-10-22/h4-15H,3,16-19H2,1-2H3. The van der Waals surface area contributed by atoms with Gasteiger partial charge in [0.25, 0.3) is 15.9 Å². The second-order valence-electron chi connectivity index (χ2n) is 8.73. The highest BCUT2D eigenvalue weighted by molar-refractivity contribution is 7.92. The number of fused-ring (bicyclic) bond motifs is 1. The number of carbonyl (C=O) groups is 1. The van der Waals surface area contributed by atoms with Crippen LogP contribution < -0.4 is 9.21 Å². The summed E-state index contributed by atoms with van der Waals surface area (Å²) < 4.78 is 28.5. The van der Waals surface area contributed by atoms with Crippen LogP contribution in [0.25, 0.3) is 10.2 Å². The Balaban J connectivity index is 1.25. The van der Waals surface area contributed by atoms with Crippen molar-refractivity contribution in [2.75, 3.05) is 42.4 Å². The molecule has 0 aliphatic carbocycles. The second kappa shape index (κ2) is 9.91. The molecule has 0 atom stereocenters. The Morgan fingerprint density at radius 2 is 1.64 bits per heavy atom. The molecular weight excluding hydrogens is 492 g/mol. The van der Waals surface area contributed by atoms with E-state index in [1.54, 1.807) is 47.7 Å². The number of rotatable bonds is 6. The number of aryl methyl sites for hydroxylation is 1. The number of nitrogens with zero attached hydrogens (tertiary/aromatic N) is 4. The van der Waals surface area contributed by atoms with Gasteiger partial charge < -0.3 is 9.80 Å². The maximum atomic E-state index is 13.1. The zero-order valence-electron chi connectivity index (χ0n) is 20.3. The number of hydrogen-bond donors (Lipinski definition) is 0. The quantitative estimate of drug-likeness (QED) is 0.370. The molecule has 36 heavy (non-hydrogen) atoms. The number of thiazole rings is 1. The Bertz CT molecular complexity index is 1480. The van der Waals surface area contributed by atoms with Crippen LogP contribution in [0.1, 0.15) is 22.8 Å². The van der Waals surface area contributed by atoms with Crippen LogP contribution in [-0.4, -0.2) is 57.4 Å². The van der Waals surface area contributed by atoms with Crippen LogP contribution in [-0.2, 0) is 16.4 Å². The average molecular weight is 521 g/mol. The van der Waals surface area contributed by atoms with Crippen LogP contribution in [0.5, 0.6) is 0 Å². The van der Waals surface area contributed by atoms with Crippen molar-refractivity contribution in [3.05, 3.63) is 83.9 Å². The monoisotopic (exact) mass is 520 g/mol. The first-order chi connectivity index (χ1) is 17.4. The molecule has 0 N–H and O–H groups in total. The maximum absolute atomic E-state index is 13.1. The number of benzene rings is 3. The SMILES string of the molecule is CCc1cccc2sc(N3CCN(C(=O)c4ccc(S(=O)(=O)N(C)c5ccccc5)cc4)CC3)nc12. The van der Waals surface area contributed by atoms with Crippen molar-refractivity contribution >= 4 is 48.3 Å². The lowest BCUT2D eigenvalue weighted by atomic mass is 10.1. The third-order valence-electron chi connectivity index (χ3n) is 6.59. The Labute approximate surface area is 215 Å². The summed E-state index contributed by atoms with van der Waals surface area (Å²) in [6.07, 6.45) is 0.950. The molecule has 0 radical (unpaired) electrons. The first kappa shape index (κ1) is 24.3. The lowest BCUT2D eigenvalue weighted by molar-refractivity contribution is 0.0746. The van der Waals surface area contributed by atoms with Gasteiger partial charge in [-0.25, -0.2) is 13.4 Å². The van der Waals surface area contributed by atoms with Crippen molar-refractivity contribution in [1.29, 1.82) is 0 Å². The number of sulfonamides is 1. The average Bonchev–Trinajstić information content (AvgIpc) is 3.37. The molecule has 0 spiro atoms. The van der Waals surface area contributed by atoms with E-state index >= 15 is 0 Å². The van der Waals surface area contributed by atoms with Crippen molar-refractivity contribution in [2.45, 2.75) is 18.2 Å². The Morgan fingerprint density at radius 1 is 0.944 bits per heavy atom. The molecule has 3 aromatic carbocycles. The van der Waals surface area contributed by atoms with E-state index in [1.165, 1.54) is 33.7 Å². The summed E-state index contributed by atoms with van der Waals surface area (Å²) >= 11 is 1.69. The zero-order chi connectivity index (χ0) is 25.3. The largest absolute Gasteiger partial charge is 0.345 e. The van der Waals surface area contributed by atoms with Crippen LogP contribution in [0, 0.1) is 0 Å². The van der Waals surface area contributed by atoms with Gasteiger partial charge >= 0.3 is 0 Å². The number of hydrogen-bond acceptors (Lipinski definition) is 6. The van der Waals surface area contributed by atoms with Crippen LogP contribution >= 0.6 is 11.3 Å². The van der Waals surface area contributed by atoms with Gasteiger partial charge in [0.15, 0.2) is 5.13 Å². The third-order valence-corrected chi connectivity index (χ3v) is 9.47. The van der Waals surface area contributed by atoms with E-state index in [9.17, 15) is 13.2 Å². The van der Waals surface area contributed by atoms with Crippen molar-refractivity contribution in [2.24, 2.45) is 0 Å². The number of carbonyl (C=O) groups excluding carboxylic acids is 1. The number of amides is 1. The molecule has 2 heterocycles. The molecule has 1 aliphatic rings. The summed E-state index contributed by atoms with van der Waals surface area (Å²) in [4.78, 5) is 22.2. The van der Waals surface area contributed by atoms with E-state index in [-0.39, 0.29) is 10.8 Å². The third kappa shape index (κ3) is 4.56. The summed E-state index contributed by atoms with van der Waals surface area (Å²) in [5, 5.41) is 0.995. The van der Waals surface area contributed by atoms with Gasteiger partial charge in [-0.1, -0.05) is 48.6 Å². The van der Waals surface area contributed by atoms with E-state index < -0.39 is 10.0 Å². The van der Waals surface area contributed by atoms with Crippen LogP contribution in [0.3, 0.4) is 0 Å². The minimum absolute atomic E-state index is 0.0902. The van der Waals surface area contributed by atoms with Gasteiger partial charge in [0.1, 0.15) is 0 Å². The van der Waals surface area contributed by atoms with Gasteiger partial charge in [-0.05, 0) is 54.4 Å². The number of anilines is 2. The van der Waals surface area contributed by atoms with Gasteiger partial charge in [-0.2, -0.15) is 0 Å². The van der Waals surface area contributed by atoms with Crippen LogP contribution in [0.4, 0.5) is 10.8 Å². The molecular formula is C27H28N4O3S2. The van der Waals surface area contributed by atoms with E-state index in [0.717, 1.165) is 17.1 Å². The van der Waals surface area contributed by atoms with Crippen LogP contribution in [0.2, 0.25) is 0 Å². The van der Waals surface area contributed by atoms with Gasteiger partial charge in [-0.15, -0.1) is 0 Å². The van der Waals surface area contributed by atoms with Crippen molar-refractivity contribution < 1.29 is 13.2 Å². The summed E-state index contributed by atoms with van der Waals surface area (Å²) in [6.45, 7) is 4.74. The fourth-order valence-corrected chi connectivity index (χ4v) is 6.66. The van der Waals surface area contributed by atoms with Gasteiger partial charge in [-0.3, -0.25) is 9.10 Å². The topological polar surface area (TPSA) is 73.8 Å². The normalized spacial score (nSPS) is 14.3. The molecule has 1 fully saturated rings. The van der Waals surface area contributed by atoms with Crippen molar-refractivity contribution in [3.63, 3.8) is 0 Å². The highest BCUT2D eigenvalue weighted by Gasteiger charge is 2.26. The van der Waals surface area contributed by atoms with Crippen molar-refractivity contribution in [3.8, 4) is 0 Å². The van der Waals surface area contributed by atoms with E-state index in [2.05, 4.69) is 30.0 Å². The first-order valence-electron chi connectivity index (χ1n) is 11.9. The summed E-state index contributed by atoms with van der Waals surface area (Å²) in [7, 11) is -2.19. The smallest absolute Gasteiger partial charge is 0.264 e. The number of para-hydroxylation sites is 2. The predicted octanol–water partition coefficient (Wildman–Crippen LogP) is 4.65. The molecule has 9 heteroatoms. The molecule has 1 aliphatic heterocycles. The minimum Gasteiger partial charge on any atom is -0.345 e. The maximum Gasteiger partial charge on any atom is 0.264 e. The van der Waals surface area contributed by atoms with Gasteiger partial charge in [0.2, 0.25) is 0 Å². The lowest BCUT2D eigenvalue weighted by Crippen LogP contribution is -2.48. The Kier molecular flexibility index (Phi) is 6.68. The van der Waals surface area contributed by atoms with Crippen molar-refractivity contribution in [1.82, 2.24) is 9.88 Å². The zero-order valence-corrected chi connectivity index (χ0v) is 21.9. The van der Waals surface area contributed by atoms with E-state index in [4.69, 9.17) is 4.98 Å². The number of piperazine rings is 1. The summed E-state index contributed by atoms with van der Waals surface area (Å²) in [5.74, 6) is -0.0902. The molecule has 186 valence electrons. The minimum atomic E-state index is -3.72. The molecule has 4 aromatic rings. The highest BCUT2D eigenvalue weighted by atomic mass is 32.2. The number of aromatic nitrogens is 1. The second-order valence-corrected chi connectivity index (χ2v) is 11.7. The van der Waals surface area contributed by atoms with Gasteiger partial charge in [0, 0.05) is 38.8 Å². The lowest BCUT2D eigenvalue weighted by Gasteiger charge is -2.34. The van der Waals surface area contributed by atoms with Gasteiger partial charge in [0.05, 0.1) is 20.8 Å². The first-order valence-corrected chi connectivity index (χ1v) is 14.2. The Morgan fingerprint density at radius 3 is 2.31 bits per heavy atom. The summed E-state index contributed by atoms with van der Waals surface area (Å²) in [6, 6.07) is 21.4. The molecule has 0 unspecified atom stereocenters. The Hall–Kier alpha value is -3.43. The fourth-order valence-electron chi connectivity index (χ4n) is 4.40. The molecule has 7 nitrogen and oxygen atoms in total. The van der Waals surface area contributed by atoms with Crippen LogP contribution in [0.15, 0.2) is 77.7 Å².